The van der Waals surface area contributed by atoms with Crippen molar-refractivity contribution in [3.63, 3.8) is 0 Å². The van der Waals surface area contributed by atoms with Gasteiger partial charge in [0.05, 0.1) is 13.2 Å². The molecule has 0 bridgehead atoms. The van der Waals surface area contributed by atoms with Gasteiger partial charge in [0.1, 0.15) is 5.75 Å². The summed E-state index contributed by atoms with van der Waals surface area (Å²) in [6.45, 7) is 2.52. The van der Waals surface area contributed by atoms with Gasteiger partial charge in [-0.2, -0.15) is 0 Å². The molecule has 0 aliphatic rings. The first-order chi connectivity index (χ1) is 10.1. The standard InChI is InChI=1S/C17H22N2O2/c1-3-4-16(18)17(20)19-11-12-5-6-14-10-15(21-2)8-7-13(14)9-12/h5-10,16H,3-4,11,18H2,1-2H3,(H,19,20). The molecule has 3 N–H and O–H groups in total. The van der Waals surface area contributed by atoms with Crippen LogP contribution in [0.4, 0.5) is 0 Å². The van der Waals surface area contributed by atoms with Crippen molar-refractivity contribution in [3.05, 3.63) is 42.0 Å². The van der Waals surface area contributed by atoms with Crippen LogP contribution in [-0.2, 0) is 11.3 Å². The molecule has 0 heterocycles. The lowest BCUT2D eigenvalue weighted by Gasteiger charge is -2.11. The fourth-order valence-electron chi connectivity index (χ4n) is 2.27. The third-order valence-electron chi connectivity index (χ3n) is 3.52. The Labute approximate surface area is 125 Å². The quantitative estimate of drug-likeness (QED) is 0.858. The largest absolute Gasteiger partial charge is 0.497 e. The van der Waals surface area contributed by atoms with Gasteiger partial charge in [-0.25, -0.2) is 0 Å². The molecule has 1 atom stereocenters. The van der Waals surface area contributed by atoms with Gasteiger partial charge in [0, 0.05) is 6.54 Å². The van der Waals surface area contributed by atoms with Gasteiger partial charge < -0.3 is 15.8 Å². The van der Waals surface area contributed by atoms with Gasteiger partial charge in [-0.1, -0.05) is 31.5 Å². The maximum Gasteiger partial charge on any atom is 0.237 e. The number of carbonyl (C=O) groups excluding carboxylic acids is 1. The molecule has 2 aromatic rings. The number of fused-ring (bicyclic) bond motifs is 1. The lowest BCUT2D eigenvalue weighted by atomic mass is 10.1. The molecular formula is C17H22N2O2. The third kappa shape index (κ3) is 3.95. The van der Waals surface area contributed by atoms with Gasteiger partial charge in [0.2, 0.25) is 5.91 Å². The van der Waals surface area contributed by atoms with Crippen molar-refractivity contribution in [2.24, 2.45) is 5.73 Å². The van der Waals surface area contributed by atoms with Crippen LogP contribution in [0, 0.1) is 0 Å². The smallest absolute Gasteiger partial charge is 0.237 e. The molecule has 21 heavy (non-hydrogen) atoms. The van der Waals surface area contributed by atoms with Crippen molar-refractivity contribution in [2.45, 2.75) is 32.4 Å². The number of ether oxygens (including phenoxy) is 1. The highest BCUT2D eigenvalue weighted by Crippen LogP contribution is 2.21. The molecule has 4 heteroatoms. The maximum absolute atomic E-state index is 11.8. The fraction of sp³-hybridized carbons (Fsp3) is 0.353. The van der Waals surface area contributed by atoms with Crippen molar-refractivity contribution in [3.8, 4) is 5.75 Å². The molecule has 0 fully saturated rings. The van der Waals surface area contributed by atoms with E-state index in [1.165, 1.54) is 0 Å². The highest BCUT2D eigenvalue weighted by molar-refractivity contribution is 5.85. The van der Waals surface area contributed by atoms with Crippen LogP contribution in [0.3, 0.4) is 0 Å². The second-order valence-electron chi connectivity index (χ2n) is 5.16. The molecule has 2 rings (SSSR count). The molecule has 1 amide bonds. The van der Waals surface area contributed by atoms with Crippen LogP contribution in [-0.4, -0.2) is 19.1 Å². The summed E-state index contributed by atoms with van der Waals surface area (Å²) in [5, 5.41) is 5.13. The first-order valence-corrected chi connectivity index (χ1v) is 7.24. The van der Waals surface area contributed by atoms with E-state index in [1.54, 1.807) is 7.11 Å². The molecule has 0 aliphatic heterocycles. The summed E-state index contributed by atoms with van der Waals surface area (Å²) in [6.07, 6.45) is 1.62. The van der Waals surface area contributed by atoms with Crippen molar-refractivity contribution in [1.29, 1.82) is 0 Å². The van der Waals surface area contributed by atoms with Gasteiger partial charge in [0.25, 0.3) is 0 Å². The second-order valence-corrected chi connectivity index (χ2v) is 5.16. The number of methoxy groups -OCH3 is 1. The summed E-state index contributed by atoms with van der Waals surface area (Å²) >= 11 is 0. The van der Waals surface area contributed by atoms with Crippen molar-refractivity contribution in [1.82, 2.24) is 5.32 Å². The Bertz CT molecular complexity index is 625. The van der Waals surface area contributed by atoms with Crippen LogP contribution < -0.4 is 15.8 Å². The minimum atomic E-state index is -0.417. The number of hydrogen-bond donors (Lipinski definition) is 2. The van der Waals surface area contributed by atoms with Crippen molar-refractivity contribution >= 4 is 16.7 Å². The second kappa shape index (κ2) is 7.09. The van der Waals surface area contributed by atoms with Crippen LogP contribution >= 0.6 is 0 Å². The predicted molar refractivity (Wildman–Crippen MR) is 85.2 cm³/mol. The van der Waals surface area contributed by atoms with Gasteiger partial charge in [0.15, 0.2) is 0 Å². The summed E-state index contributed by atoms with van der Waals surface area (Å²) in [5.41, 5.74) is 6.85. The first-order valence-electron chi connectivity index (χ1n) is 7.24. The van der Waals surface area contributed by atoms with E-state index >= 15 is 0 Å². The number of rotatable bonds is 6. The molecule has 112 valence electrons. The molecule has 0 saturated heterocycles. The Balaban J connectivity index is 2.04. The number of benzene rings is 2. The van der Waals surface area contributed by atoms with Crippen LogP contribution in [0.5, 0.6) is 5.75 Å². The summed E-state index contributed by atoms with van der Waals surface area (Å²) < 4.78 is 5.21. The summed E-state index contributed by atoms with van der Waals surface area (Å²) in [4.78, 5) is 11.8. The van der Waals surface area contributed by atoms with Crippen LogP contribution in [0.15, 0.2) is 36.4 Å². The third-order valence-corrected chi connectivity index (χ3v) is 3.52. The van der Waals surface area contributed by atoms with Crippen LogP contribution in [0.1, 0.15) is 25.3 Å². The van der Waals surface area contributed by atoms with E-state index in [1.807, 2.05) is 37.3 Å². The number of nitrogens with one attached hydrogen (secondary N) is 1. The molecule has 2 aromatic carbocycles. The highest BCUT2D eigenvalue weighted by atomic mass is 16.5. The zero-order valence-corrected chi connectivity index (χ0v) is 12.6. The van der Waals surface area contributed by atoms with Crippen molar-refractivity contribution < 1.29 is 9.53 Å². The van der Waals surface area contributed by atoms with Gasteiger partial charge >= 0.3 is 0 Å². The van der Waals surface area contributed by atoms with E-state index in [0.29, 0.717) is 13.0 Å². The lowest BCUT2D eigenvalue weighted by Crippen LogP contribution is -2.40. The molecule has 4 nitrogen and oxygen atoms in total. The zero-order chi connectivity index (χ0) is 15.2. The summed E-state index contributed by atoms with van der Waals surface area (Å²) in [7, 11) is 1.66. The van der Waals surface area contributed by atoms with Crippen molar-refractivity contribution in [2.75, 3.05) is 7.11 Å². The van der Waals surface area contributed by atoms with E-state index < -0.39 is 6.04 Å². The summed E-state index contributed by atoms with van der Waals surface area (Å²) in [6, 6.07) is 11.6. The average Bonchev–Trinajstić information content (AvgIpc) is 2.52. The topological polar surface area (TPSA) is 64.4 Å². The lowest BCUT2D eigenvalue weighted by molar-refractivity contribution is -0.122. The summed E-state index contributed by atoms with van der Waals surface area (Å²) in [5.74, 6) is 0.751. The molecule has 0 aliphatic carbocycles. The Morgan fingerprint density at radius 3 is 2.67 bits per heavy atom. The Kier molecular flexibility index (Phi) is 5.17. The average molecular weight is 286 g/mol. The van der Waals surface area contributed by atoms with E-state index in [9.17, 15) is 4.79 Å². The zero-order valence-electron chi connectivity index (χ0n) is 12.6. The van der Waals surface area contributed by atoms with E-state index in [0.717, 1.165) is 28.5 Å². The number of carbonyl (C=O) groups is 1. The van der Waals surface area contributed by atoms with Crippen LogP contribution in [0.2, 0.25) is 0 Å². The molecule has 0 spiro atoms. The fourth-order valence-corrected chi connectivity index (χ4v) is 2.27. The molecule has 0 saturated carbocycles. The minimum Gasteiger partial charge on any atom is -0.497 e. The molecule has 1 unspecified atom stereocenters. The number of nitrogens with two attached hydrogens (primary N) is 1. The van der Waals surface area contributed by atoms with E-state index in [-0.39, 0.29) is 5.91 Å². The monoisotopic (exact) mass is 286 g/mol. The number of amides is 1. The molecule has 0 radical (unpaired) electrons. The predicted octanol–water partition coefficient (Wildman–Crippen LogP) is 2.59. The van der Waals surface area contributed by atoms with Gasteiger partial charge in [-0.15, -0.1) is 0 Å². The Hall–Kier alpha value is -2.07. The minimum absolute atomic E-state index is 0.0910. The van der Waals surface area contributed by atoms with E-state index in [4.69, 9.17) is 10.5 Å². The van der Waals surface area contributed by atoms with Gasteiger partial charge in [-0.05, 0) is 41.0 Å². The normalized spacial score (nSPS) is 12.1. The Morgan fingerprint density at radius 2 is 1.95 bits per heavy atom. The highest BCUT2D eigenvalue weighted by Gasteiger charge is 2.11. The molecule has 0 aromatic heterocycles. The van der Waals surface area contributed by atoms with Crippen LogP contribution in [0.25, 0.3) is 10.8 Å². The first kappa shape index (κ1) is 15.3. The van der Waals surface area contributed by atoms with Gasteiger partial charge in [-0.3, -0.25) is 4.79 Å². The van der Waals surface area contributed by atoms with E-state index in [2.05, 4.69) is 11.4 Å². The SMILES string of the molecule is CCCC(N)C(=O)NCc1ccc2cc(OC)ccc2c1. The molecular weight excluding hydrogens is 264 g/mol. The Morgan fingerprint density at radius 1 is 1.24 bits per heavy atom. The number of hydrogen-bond acceptors (Lipinski definition) is 3. The maximum atomic E-state index is 11.8.